The van der Waals surface area contributed by atoms with Gasteiger partial charge in [-0.05, 0) is 108 Å². The first kappa shape index (κ1) is 26.6. The van der Waals surface area contributed by atoms with E-state index in [0.29, 0.717) is 0 Å². The lowest BCUT2D eigenvalue weighted by atomic mass is 10.00. The van der Waals surface area contributed by atoms with Gasteiger partial charge in [-0.25, -0.2) is 0 Å². The number of aryl methyl sites for hydroxylation is 8. The molecule has 0 aliphatic rings. The molecule has 0 fully saturated rings. The number of benzene rings is 3. The lowest BCUT2D eigenvalue weighted by Gasteiger charge is -2.14. The first-order chi connectivity index (χ1) is 16.7. The van der Waals surface area contributed by atoms with Crippen LogP contribution in [-0.2, 0) is 6.42 Å². The molecule has 184 valence electrons. The molecular formula is C33H42N2. The number of hydrogen-bond acceptors (Lipinski definition) is 2. The summed E-state index contributed by atoms with van der Waals surface area (Å²) in [5.74, 6) is 0. The molecule has 0 heterocycles. The molecule has 0 amide bonds. The zero-order valence-electron chi connectivity index (χ0n) is 23.0. The van der Waals surface area contributed by atoms with Gasteiger partial charge in [-0.2, -0.15) is 0 Å². The van der Waals surface area contributed by atoms with Crippen LogP contribution in [0.25, 0.3) is 0 Å². The second-order valence-corrected chi connectivity index (χ2v) is 10.2. The van der Waals surface area contributed by atoms with E-state index in [1.54, 1.807) is 0 Å². The van der Waals surface area contributed by atoms with E-state index < -0.39 is 0 Å². The van der Waals surface area contributed by atoms with Crippen molar-refractivity contribution in [1.82, 2.24) is 0 Å². The maximum absolute atomic E-state index is 5.29. The first-order valence-corrected chi connectivity index (χ1v) is 13.0. The topological polar surface area (TPSA) is 24.7 Å². The zero-order valence-corrected chi connectivity index (χ0v) is 23.0. The summed E-state index contributed by atoms with van der Waals surface area (Å²) in [7, 11) is 0. The van der Waals surface area contributed by atoms with E-state index >= 15 is 0 Å². The summed E-state index contributed by atoms with van der Waals surface area (Å²) in [6, 6.07) is 17.8. The van der Waals surface area contributed by atoms with E-state index in [1.807, 2.05) is 0 Å². The largest absolute Gasteiger partial charge is 0.251 e. The van der Waals surface area contributed by atoms with Crippen LogP contribution in [0.2, 0.25) is 0 Å². The summed E-state index contributed by atoms with van der Waals surface area (Å²) >= 11 is 0. The van der Waals surface area contributed by atoms with E-state index in [1.165, 1.54) is 44.5 Å². The van der Waals surface area contributed by atoms with Crippen LogP contribution in [0.5, 0.6) is 0 Å². The molecule has 2 heteroatoms. The third-order valence-corrected chi connectivity index (χ3v) is 6.68. The number of rotatable bonds is 9. The van der Waals surface area contributed by atoms with Gasteiger partial charge in [-0.3, -0.25) is 9.98 Å². The molecule has 2 nitrogen and oxygen atoms in total. The van der Waals surface area contributed by atoms with E-state index in [2.05, 4.69) is 104 Å². The highest BCUT2D eigenvalue weighted by Crippen LogP contribution is 2.29. The quantitative estimate of drug-likeness (QED) is 0.221. The molecule has 0 unspecified atom stereocenters. The fraction of sp³-hybridized carbons (Fsp3) is 0.394. The molecule has 3 aromatic carbocycles. The summed E-state index contributed by atoms with van der Waals surface area (Å²) in [6.07, 6.45) is 5.16. The highest BCUT2D eigenvalue weighted by molar-refractivity contribution is 6.43. The van der Waals surface area contributed by atoms with Gasteiger partial charge in [0.25, 0.3) is 0 Å². The molecule has 0 aliphatic heterocycles. The Hall–Kier alpha value is -3.00. The van der Waals surface area contributed by atoms with Gasteiger partial charge in [-0.1, -0.05) is 72.1 Å². The van der Waals surface area contributed by atoms with Crippen LogP contribution >= 0.6 is 0 Å². The Morgan fingerprint density at radius 3 is 1.49 bits per heavy atom. The van der Waals surface area contributed by atoms with Crippen molar-refractivity contribution in [3.63, 3.8) is 0 Å². The zero-order chi connectivity index (χ0) is 25.5. The normalized spacial score (nSPS) is 12.3. The molecule has 0 saturated heterocycles. The molecule has 3 rings (SSSR count). The number of nitrogens with zero attached hydrogens (tertiary/aromatic N) is 2. The second kappa shape index (κ2) is 12.1. The minimum absolute atomic E-state index is 0.869. The molecule has 3 aromatic rings. The van der Waals surface area contributed by atoms with Crippen molar-refractivity contribution in [3.8, 4) is 0 Å². The minimum atomic E-state index is 0.869. The summed E-state index contributed by atoms with van der Waals surface area (Å²) in [5, 5.41) is 0. The van der Waals surface area contributed by atoms with Crippen molar-refractivity contribution in [3.05, 3.63) is 93.0 Å². The molecule has 0 aromatic heterocycles. The van der Waals surface area contributed by atoms with Crippen molar-refractivity contribution < 1.29 is 0 Å². The average molecular weight is 467 g/mol. The van der Waals surface area contributed by atoms with Crippen molar-refractivity contribution >= 4 is 22.8 Å². The molecule has 0 aliphatic carbocycles. The Morgan fingerprint density at radius 2 is 1.03 bits per heavy atom. The van der Waals surface area contributed by atoms with Gasteiger partial charge in [0.05, 0.1) is 22.8 Å². The number of unbranched alkanes of at least 4 members (excludes halogenated alkanes) is 1. The lowest BCUT2D eigenvalue weighted by molar-refractivity contribution is 0.763. The van der Waals surface area contributed by atoms with Crippen LogP contribution in [0.15, 0.2) is 58.5 Å². The monoisotopic (exact) mass is 466 g/mol. The van der Waals surface area contributed by atoms with E-state index in [4.69, 9.17) is 9.98 Å². The third kappa shape index (κ3) is 7.24. The molecule has 0 radical (unpaired) electrons. The summed E-state index contributed by atoms with van der Waals surface area (Å²) in [4.78, 5) is 10.5. The number of hydrogen-bond donors (Lipinski definition) is 0. The molecule has 0 atom stereocenters. The third-order valence-electron chi connectivity index (χ3n) is 6.68. The maximum atomic E-state index is 5.29. The average Bonchev–Trinajstić information content (AvgIpc) is 2.78. The Bertz CT molecular complexity index is 1180. The van der Waals surface area contributed by atoms with Crippen LogP contribution in [0.3, 0.4) is 0 Å². The highest BCUT2D eigenvalue weighted by Gasteiger charge is 2.13. The SMILES string of the molecule is CCC(=Nc1c(C)cc(C)cc1C)C(CCCCc1ccc(C)cc1)=Nc1c(C)cc(C)cc1C. The van der Waals surface area contributed by atoms with Gasteiger partial charge in [0.1, 0.15) is 0 Å². The molecule has 35 heavy (non-hydrogen) atoms. The maximum Gasteiger partial charge on any atom is 0.0692 e. The van der Waals surface area contributed by atoms with Gasteiger partial charge in [0, 0.05) is 0 Å². The van der Waals surface area contributed by atoms with Crippen LogP contribution in [0.1, 0.15) is 77.1 Å². The van der Waals surface area contributed by atoms with Crippen molar-refractivity contribution in [2.75, 3.05) is 0 Å². The highest BCUT2D eigenvalue weighted by atomic mass is 14.8. The predicted molar refractivity (Wildman–Crippen MR) is 155 cm³/mol. The summed E-state index contributed by atoms with van der Waals surface area (Å²) in [5.41, 5.74) is 14.7. The van der Waals surface area contributed by atoms with Gasteiger partial charge < -0.3 is 0 Å². The van der Waals surface area contributed by atoms with Crippen LogP contribution in [-0.4, -0.2) is 11.4 Å². The first-order valence-electron chi connectivity index (χ1n) is 13.0. The minimum Gasteiger partial charge on any atom is -0.251 e. The number of aliphatic imine (C=N–C) groups is 2. The van der Waals surface area contributed by atoms with Gasteiger partial charge in [0.15, 0.2) is 0 Å². The Morgan fingerprint density at radius 1 is 0.571 bits per heavy atom. The predicted octanol–water partition coefficient (Wildman–Crippen LogP) is 9.51. The summed E-state index contributed by atoms with van der Waals surface area (Å²) < 4.78 is 0. The van der Waals surface area contributed by atoms with Crippen molar-refractivity contribution in [2.24, 2.45) is 9.98 Å². The Labute approximate surface area is 213 Å². The second-order valence-electron chi connectivity index (χ2n) is 10.2. The van der Waals surface area contributed by atoms with Crippen LogP contribution in [0, 0.1) is 48.5 Å². The molecule has 0 saturated carbocycles. The molecular weight excluding hydrogens is 424 g/mol. The van der Waals surface area contributed by atoms with Gasteiger partial charge in [-0.15, -0.1) is 0 Å². The standard InChI is InChI=1S/C33H42N2/c1-9-30(34-32-25(5)18-23(3)19-26(32)6)31(35-33-27(7)20-24(4)21-28(33)8)13-11-10-12-29-16-14-22(2)15-17-29/h14-21H,9-13H2,1-8H3. The van der Waals surface area contributed by atoms with Crippen LogP contribution < -0.4 is 0 Å². The van der Waals surface area contributed by atoms with E-state index in [0.717, 1.165) is 54.9 Å². The van der Waals surface area contributed by atoms with Gasteiger partial charge >= 0.3 is 0 Å². The Balaban J connectivity index is 1.94. The van der Waals surface area contributed by atoms with Gasteiger partial charge in [0.2, 0.25) is 0 Å². The van der Waals surface area contributed by atoms with Crippen molar-refractivity contribution in [2.45, 2.75) is 87.5 Å². The summed E-state index contributed by atoms with van der Waals surface area (Å²) in [6.45, 7) is 17.3. The molecule has 0 bridgehead atoms. The van der Waals surface area contributed by atoms with Crippen LogP contribution in [0.4, 0.5) is 11.4 Å². The fourth-order valence-electron chi connectivity index (χ4n) is 4.96. The van der Waals surface area contributed by atoms with E-state index in [9.17, 15) is 0 Å². The van der Waals surface area contributed by atoms with Crippen molar-refractivity contribution in [1.29, 1.82) is 0 Å². The fourth-order valence-corrected chi connectivity index (χ4v) is 4.96. The molecule has 0 N–H and O–H groups in total. The van der Waals surface area contributed by atoms with E-state index in [-0.39, 0.29) is 0 Å². The Kier molecular flexibility index (Phi) is 9.20. The molecule has 0 spiro atoms. The smallest absolute Gasteiger partial charge is 0.0692 e. The lowest BCUT2D eigenvalue weighted by Crippen LogP contribution is -2.14.